The predicted octanol–water partition coefficient (Wildman–Crippen LogP) is 2.17. The van der Waals surface area contributed by atoms with Gasteiger partial charge in [0.1, 0.15) is 0 Å². The van der Waals surface area contributed by atoms with Crippen LogP contribution in [0.1, 0.15) is 29.0 Å². The van der Waals surface area contributed by atoms with E-state index in [2.05, 4.69) is 15.7 Å². The molecule has 0 spiro atoms. The summed E-state index contributed by atoms with van der Waals surface area (Å²) < 4.78 is 1.63. The first-order valence-corrected chi connectivity index (χ1v) is 6.69. The molecule has 106 valence electrons. The Morgan fingerprint density at radius 2 is 2.10 bits per heavy atom. The number of aromatic nitrogens is 2. The molecule has 1 atom stereocenters. The number of carbonyl (C=O) groups is 1. The molecule has 0 aliphatic rings. The van der Waals surface area contributed by atoms with Crippen LogP contribution >= 0.6 is 11.6 Å². The van der Waals surface area contributed by atoms with Crippen LogP contribution in [-0.2, 0) is 0 Å². The van der Waals surface area contributed by atoms with Crippen molar-refractivity contribution in [2.45, 2.75) is 13.0 Å². The molecule has 0 aliphatic heterocycles. The fourth-order valence-electron chi connectivity index (χ4n) is 1.88. The van der Waals surface area contributed by atoms with Crippen molar-refractivity contribution in [3.05, 3.63) is 46.7 Å². The van der Waals surface area contributed by atoms with Crippen molar-refractivity contribution in [1.82, 2.24) is 20.4 Å². The number of amides is 1. The number of halogens is 1. The molecule has 20 heavy (non-hydrogen) atoms. The Morgan fingerprint density at radius 1 is 1.35 bits per heavy atom. The number of rotatable bonds is 4. The van der Waals surface area contributed by atoms with Crippen LogP contribution < -0.4 is 10.6 Å². The number of carbonyl (C=O) groups excluding carboxylic acids is 1. The van der Waals surface area contributed by atoms with Crippen LogP contribution in [0.25, 0.3) is 5.69 Å². The van der Waals surface area contributed by atoms with Gasteiger partial charge < -0.3 is 10.6 Å². The van der Waals surface area contributed by atoms with Crippen molar-refractivity contribution < 1.29 is 4.79 Å². The molecule has 0 bridgehead atoms. The van der Waals surface area contributed by atoms with E-state index < -0.39 is 0 Å². The third kappa shape index (κ3) is 2.84. The molecule has 0 saturated carbocycles. The van der Waals surface area contributed by atoms with Crippen molar-refractivity contribution in [1.29, 1.82) is 0 Å². The molecule has 1 heterocycles. The molecule has 2 N–H and O–H groups in total. The average molecular weight is 293 g/mol. The van der Waals surface area contributed by atoms with Crippen LogP contribution in [-0.4, -0.2) is 29.8 Å². The summed E-state index contributed by atoms with van der Waals surface area (Å²) in [6.45, 7) is 2.04. The maximum absolute atomic E-state index is 11.5. The zero-order valence-electron chi connectivity index (χ0n) is 11.6. The van der Waals surface area contributed by atoms with E-state index in [9.17, 15) is 4.79 Å². The Hall–Kier alpha value is -1.85. The van der Waals surface area contributed by atoms with Crippen LogP contribution in [0.2, 0.25) is 5.02 Å². The highest BCUT2D eigenvalue weighted by atomic mass is 35.5. The zero-order valence-corrected chi connectivity index (χ0v) is 12.4. The third-order valence-electron chi connectivity index (χ3n) is 3.20. The first kappa shape index (κ1) is 14.6. The van der Waals surface area contributed by atoms with Crippen LogP contribution in [0.3, 0.4) is 0 Å². The normalized spacial score (nSPS) is 12.2. The molecule has 0 fully saturated rings. The van der Waals surface area contributed by atoms with Crippen molar-refractivity contribution >= 4 is 17.5 Å². The highest BCUT2D eigenvalue weighted by molar-refractivity contribution is 6.31. The molecule has 0 saturated heterocycles. The van der Waals surface area contributed by atoms with Gasteiger partial charge in [0.2, 0.25) is 0 Å². The Bertz CT molecular complexity index is 623. The Morgan fingerprint density at radius 3 is 2.70 bits per heavy atom. The van der Waals surface area contributed by atoms with Gasteiger partial charge in [-0.25, -0.2) is 4.68 Å². The molecular weight excluding hydrogens is 276 g/mol. The minimum Gasteiger partial charge on any atom is -0.354 e. The van der Waals surface area contributed by atoms with Crippen LogP contribution in [0.4, 0.5) is 0 Å². The molecule has 5 nitrogen and oxygen atoms in total. The van der Waals surface area contributed by atoms with E-state index >= 15 is 0 Å². The number of nitrogens with one attached hydrogen (secondary N) is 2. The van der Waals surface area contributed by atoms with E-state index in [0.717, 1.165) is 11.3 Å². The van der Waals surface area contributed by atoms with E-state index in [4.69, 9.17) is 11.6 Å². The van der Waals surface area contributed by atoms with Crippen LogP contribution in [0, 0.1) is 0 Å². The lowest BCUT2D eigenvalue weighted by atomic mass is 10.1. The molecule has 2 aromatic rings. The summed E-state index contributed by atoms with van der Waals surface area (Å²) in [4.78, 5) is 11.5. The molecular formula is C14H17ClN4O. The summed E-state index contributed by atoms with van der Waals surface area (Å²) in [7, 11) is 3.46. The molecule has 2 rings (SSSR count). The second kappa shape index (κ2) is 6.07. The van der Waals surface area contributed by atoms with Gasteiger partial charge >= 0.3 is 0 Å². The quantitative estimate of drug-likeness (QED) is 0.908. The highest BCUT2D eigenvalue weighted by Crippen LogP contribution is 2.25. The summed E-state index contributed by atoms with van der Waals surface area (Å²) in [6.07, 6.45) is 1.73. The van der Waals surface area contributed by atoms with Crippen molar-refractivity contribution in [3.8, 4) is 5.69 Å². The third-order valence-corrected chi connectivity index (χ3v) is 3.52. The number of hydrogen-bond acceptors (Lipinski definition) is 3. The monoisotopic (exact) mass is 292 g/mol. The second-order valence-corrected chi connectivity index (χ2v) is 4.85. The SMILES string of the molecule is CNC(=O)c1ccn(-c2ccc(C(C)NC)c(Cl)c2)n1. The van der Waals surface area contributed by atoms with Crippen molar-refractivity contribution in [2.24, 2.45) is 0 Å². The van der Waals surface area contributed by atoms with E-state index in [1.54, 1.807) is 24.0 Å². The fourth-order valence-corrected chi connectivity index (χ4v) is 2.22. The van der Waals surface area contributed by atoms with Crippen molar-refractivity contribution in [2.75, 3.05) is 14.1 Å². The lowest BCUT2D eigenvalue weighted by Gasteiger charge is -2.13. The van der Waals surface area contributed by atoms with Gasteiger partial charge in [-0.15, -0.1) is 0 Å². The van der Waals surface area contributed by atoms with Gasteiger partial charge in [-0.3, -0.25) is 4.79 Å². The summed E-state index contributed by atoms with van der Waals surface area (Å²) >= 11 is 6.29. The van der Waals surface area contributed by atoms with Crippen LogP contribution in [0.15, 0.2) is 30.5 Å². The van der Waals surface area contributed by atoms with E-state index in [0.29, 0.717) is 10.7 Å². The lowest BCUT2D eigenvalue weighted by molar-refractivity contribution is 0.0957. The predicted molar refractivity (Wildman–Crippen MR) is 79.4 cm³/mol. The van der Waals surface area contributed by atoms with Gasteiger partial charge in [0.05, 0.1) is 5.69 Å². The summed E-state index contributed by atoms with van der Waals surface area (Å²) in [5.74, 6) is -0.213. The van der Waals surface area contributed by atoms with Gasteiger partial charge in [-0.05, 0) is 37.7 Å². The Kier molecular flexibility index (Phi) is 4.42. The topological polar surface area (TPSA) is 59.0 Å². The zero-order chi connectivity index (χ0) is 14.7. The molecule has 1 aromatic carbocycles. The summed E-state index contributed by atoms with van der Waals surface area (Å²) in [5.41, 5.74) is 2.21. The van der Waals surface area contributed by atoms with Gasteiger partial charge in [-0.1, -0.05) is 17.7 Å². The largest absolute Gasteiger partial charge is 0.354 e. The molecule has 6 heteroatoms. The van der Waals surface area contributed by atoms with E-state index in [1.165, 1.54) is 0 Å². The van der Waals surface area contributed by atoms with Gasteiger partial charge in [0.25, 0.3) is 5.91 Å². The smallest absolute Gasteiger partial charge is 0.271 e. The minimum absolute atomic E-state index is 0.176. The Labute approximate surface area is 122 Å². The molecule has 1 unspecified atom stereocenters. The standard InChI is InChI=1S/C14H17ClN4O/c1-9(16-2)11-5-4-10(8-12(11)15)19-7-6-13(18-19)14(20)17-3/h4-9,16H,1-3H3,(H,17,20). The molecule has 0 aliphatic carbocycles. The number of hydrogen-bond donors (Lipinski definition) is 2. The van der Waals surface area contributed by atoms with E-state index in [1.807, 2.05) is 32.2 Å². The summed E-state index contributed by atoms with van der Waals surface area (Å²) in [6, 6.07) is 7.56. The molecule has 1 aromatic heterocycles. The van der Waals surface area contributed by atoms with Crippen molar-refractivity contribution in [3.63, 3.8) is 0 Å². The van der Waals surface area contributed by atoms with Gasteiger partial charge in [0.15, 0.2) is 5.69 Å². The maximum Gasteiger partial charge on any atom is 0.271 e. The minimum atomic E-state index is -0.213. The maximum atomic E-state index is 11.5. The highest BCUT2D eigenvalue weighted by Gasteiger charge is 2.11. The van der Waals surface area contributed by atoms with Crippen LogP contribution in [0.5, 0.6) is 0 Å². The Balaban J connectivity index is 2.32. The van der Waals surface area contributed by atoms with E-state index in [-0.39, 0.29) is 11.9 Å². The number of nitrogens with zero attached hydrogens (tertiary/aromatic N) is 2. The first-order chi connectivity index (χ1) is 9.56. The number of benzene rings is 1. The fraction of sp³-hybridized carbons (Fsp3) is 0.286. The average Bonchev–Trinajstić information content (AvgIpc) is 2.95. The summed E-state index contributed by atoms with van der Waals surface area (Å²) in [5, 5.41) is 10.6. The molecule has 1 amide bonds. The van der Waals surface area contributed by atoms with Gasteiger partial charge in [-0.2, -0.15) is 5.10 Å². The molecule has 0 radical (unpaired) electrons. The lowest BCUT2D eigenvalue weighted by Crippen LogP contribution is -2.18. The second-order valence-electron chi connectivity index (χ2n) is 4.44. The first-order valence-electron chi connectivity index (χ1n) is 6.31. The van der Waals surface area contributed by atoms with Gasteiger partial charge in [0, 0.05) is 24.3 Å².